The van der Waals surface area contributed by atoms with E-state index in [0.29, 0.717) is 21.5 Å². The highest BCUT2D eigenvalue weighted by atomic mass is 32.2. The van der Waals surface area contributed by atoms with Crippen molar-refractivity contribution in [3.63, 3.8) is 0 Å². The Bertz CT molecular complexity index is 899. The summed E-state index contributed by atoms with van der Waals surface area (Å²) in [4.78, 5) is 14.9. The fourth-order valence-corrected chi connectivity index (χ4v) is 4.02. The van der Waals surface area contributed by atoms with Gasteiger partial charge in [-0.15, -0.1) is 0 Å². The van der Waals surface area contributed by atoms with E-state index in [1.165, 1.54) is 11.8 Å². The van der Waals surface area contributed by atoms with Crippen molar-refractivity contribution in [1.29, 1.82) is 0 Å². The zero-order chi connectivity index (χ0) is 17.4. The molecule has 1 aromatic heterocycles. The molecule has 0 saturated carbocycles. The summed E-state index contributed by atoms with van der Waals surface area (Å²) in [7, 11) is 0. The van der Waals surface area contributed by atoms with Crippen LogP contribution in [0, 0.1) is 0 Å². The quantitative estimate of drug-likeness (QED) is 0.593. The average Bonchev–Trinajstić information content (AvgIpc) is 3.20. The third kappa shape index (κ3) is 3.15. The van der Waals surface area contributed by atoms with Crippen LogP contribution in [0.1, 0.15) is 18.2 Å². The molecule has 0 unspecified atom stereocenters. The Morgan fingerprint density at radius 1 is 1.28 bits per heavy atom. The summed E-state index contributed by atoms with van der Waals surface area (Å²) in [6.45, 7) is 2.32. The first-order valence-electron chi connectivity index (χ1n) is 7.87. The largest absolute Gasteiger partial charge is 0.485 e. The van der Waals surface area contributed by atoms with Gasteiger partial charge in [0.25, 0.3) is 5.91 Å². The molecule has 3 heterocycles. The number of para-hydroxylation sites is 1. The van der Waals surface area contributed by atoms with Crippen molar-refractivity contribution < 1.29 is 13.9 Å². The van der Waals surface area contributed by atoms with E-state index in [1.54, 1.807) is 17.2 Å². The molecule has 126 valence electrons. The van der Waals surface area contributed by atoms with Gasteiger partial charge >= 0.3 is 0 Å². The molecule has 0 N–H and O–H groups in total. The van der Waals surface area contributed by atoms with Crippen molar-refractivity contribution in [1.82, 2.24) is 4.90 Å². The van der Waals surface area contributed by atoms with E-state index in [-0.39, 0.29) is 12.0 Å². The Morgan fingerprint density at radius 2 is 2.12 bits per heavy atom. The van der Waals surface area contributed by atoms with Gasteiger partial charge in [0.15, 0.2) is 0 Å². The Hall–Kier alpha value is -2.31. The second-order valence-electron chi connectivity index (χ2n) is 5.79. The van der Waals surface area contributed by atoms with Crippen molar-refractivity contribution in [2.24, 2.45) is 0 Å². The van der Waals surface area contributed by atoms with Gasteiger partial charge in [-0.1, -0.05) is 42.2 Å². The lowest BCUT2D eigenvalue weighted by molar-refractivity contribution is -0.122. The standard InChI is InChI=1S/C19H15NO3S2/c1-12-14(9-13-5-2-3-7-16(13)23-12)10-17-18(21)20(19(24)25-17)11-15-6-4-8-22-15/h2-10,12H,11H2,1H3/b17-10+/t12-/m1/s1. The van der Waals surface area contributed by atoms with Gasteiger partial charge in [0.1, 0.15) is 21.9 Å². The van der Waals surface area contributed by atoms with Gasteiger partial charge < -0.3 is 9.15 Å². The molecule has 1 saturated heterocycles. The Labute approximate surface area is 155 Å². The number of hydrogen-bond acceptors (Lipinski definition) is 5. The monoisotopic (exact) mass is 369 g/mol. The molecule has 4 rings (SSSR count). The lowest BCUT2D eigenvalue weighted by Gasteiger charge is -2.23. The van der Waals surface area contributed by atoms with Gasteiger partial charge in [0.05, 0.1) is 17.7 Å². The maximum Gasteiger partial charge on any atom is 0.266 e. The van der Waals surface area contributed by atoms with Crippen LogP contribution in [-0.2, 0) is 11.3 Å². The molecule has 4 nitrogen and oxygen atoms in total. The lowest BCUT2D eigenvalue weighted by atomic mass is 10.0. The first-order valence-corrected chi connectivity index (χ1v) is 9.09. The van der Waals surface area contributed by atoms with Crippen LogP contribution in [0.4, 0.5) is 0 Å². The third-order valence-corrected chi connectivity index (χ3v) is 5.46. The highest BCUT2D eigenvalue weighted by Crippen LogP contribution is 2.36. The predicted molar refractivity (Wildman–Crippen MR) is 102 cm³/mol. The van der Waals surface area contributed by atoms with Crippen LogP contribution in [-0.4, -0.2) is 21.2 Å². The van der Waals surface area contributed by atoms with E-state index >= 15 is 0 Å². The van der Waals surface area contributed by atoms with Crippen LogP contribution >= 0.6 is 24.0 Å². The van der Waals surface area contributed by atoms with Crippen LogP contribution < -0.4 is 4.74 Å². The zero-order valence-electron chi connectivity index (χ0n) is 13.5. The number of thioether (sulfide) groups is 1. The van der Waals surface area contributed by atoms with Gasteiger partial charge in [0.2, 0.25) is 0 Å². The number of carbonyl (C=O) groups is 1. The molecule has 0 bridgehead atoms. The van der Waals surface area contributed by atoms with Gasteiger partial charge in [-0.25, -0.2) is 0 Å². The van der Waals surface area contributed by atoms with Crippen molar-refractivity contribution in [2.75, 3.05) is 0 Å². The van der Waals surface area contributed by atoms with Crippen LogP contribution in [0.5, 0.6) is 5.75 Å². The summed E-state index contributed by atoms with van der Waals surface area (Å²) >= 11 is 6.67. The molecule has 25 heavy (non-hydrogen) atoms. The summed E-state index contributed by atoms with van der Waals surface area (Å²) < 4.78 is 11.8. The van der Waals surface area contributed by atoms with E-state index in [2.05, 4.69) is 6.08 Å². The Kier molecular flexibility index (Phi) is 4.23. The molecule has 1 aromatic carbocycles. The number of benzene rings is 1. The first-order chi connectivity index (χ1) is 12.1. The number of rotatable bonds is 3. The van der Waals surface area contributed by atoms with Gasteiger partial charge in [-0.3, -0.25) is 9.69 Å². The zero-order valence-corrected chi connectivity index (χ0v) is 15.1. The minimum atomic E-state index is -0.122. The molecule has 1 atom stereocenters. The van der Waals surface area contributed by atoms with Crippen molar-refractivity contribution >= 4 is 40.3 Å². The van der Waals surface area contributed by atoms with Gasteiger partial charge in [0, 0.05) is 5.56 Å². The van der Waals surface area contributed by atoms with E-state index in [4.69, 9.17) is 21.4 Å². The molecule has 0 spiro atoms. The van der Waals surface area contributed by atoms with Crippen LogP contribution in [0.25, 0.3) is 6.08 Å². The predicted octanol–water partition coefficient (Wildman–Crippen LogP) is 4.39. The highest BCUT2D eigenvalue weighted by molar-refractivity contribution is 8.26. The van der Waals surface area contributed by atoms with E-state index < -0.39 is 0 Å². The normalized spacial score (nSPS) is 21.3. The highest BCUT2D eigenvalue weighted by Gasteiger charge is 2.33. The molecule has 6 heteroatoms. The number of ether oxygens (including phenoxy) is 1. The molecule has 2 aromatic rings. The van der Waals surface area contributed by atoms with Crippen LogP contribution in [0.3, 0.4) is 0 Å². The molecular weight excluding hydrogens is 354 g/mol. The molecular formula is C19H15NO3S2. The average molecular weight is 369 g/mol. The van der Waals surface area contributed by atoms with Gasteiger partial charge in [-0.2, -0.15) is 0 Å². The summed E-state index contributed by atoms with van der Waals surface area (Å²) in [5.74, 6) is 1.47. The molecule has 2 aliphatic heterocycles. The Morgan fingerprint density at radius 3 is 2.92 bits per heavy atom. The number of thiocarbonyl (C=S) groups is 1. The number of hydrogen-bond donors (Lipinski definition) is 0. The van der Waals surface area contributed by atoms with Crippen LogP contribution in [0.15, 0.2) is 63.6 Å². The molecule has 0 radical (unpaired) electrons. The first kappa shape index (κ1) is 16.2. The topological polar surface area (TPSA) is 42.7 Å². The fraction of sp³-hybridized carbons (Fsp3) is 0.158. The number of nitrogens with zero attached hydrogens (tertiary/aromatic N) is 1. The third-order valence-electron chi connectivity index (χ3n) is 4.08. The smallest absolute Gasteiger partial charge is 0.266 e. The maximum absolute atomic E-state index is 12.7. The molecule has 1 fully saturated rings. The second-order valence-corrected chi connectivity index (χ2v) is 7.47. The van der Waals surface area contributed by atoms with E-state index in [0.717, 1.165) is 16.9 Å². The summed E-state index contributed by atoms with van der Waals surface area (Å²) in [6.07, 6.45) is 5.40. The fourth-order valence-electron chi connectivity index (χ4n) is 2.77. The Balaban J connectivity index is 1.60. The van der Waals surface area contributed by atoms with Gasteiger partial charge in [-0.05, 0) is 42.8 Å². The molecule has 2 aliphatic rings. The van der Waals surface area contributed by atoms with E-state index in [9.17, 15) is 4.79 Å². The summed E-state index contributed by atoms with van der Waals surface area (Å²) in [5, 5.41) is 0. The second kappa shape index (κ2) is 6.54. The number of fused-ring (bicyclic) bond motifs is 1. The SMILES string of the molecule is C[C@H]1Oc2ccccc2C=C1/C=C1/SC(=S)N(Cc2ccco2)C1=O. The number of furan rings is 1. The number of amides is 1. The summed E-state index contributed by atoms with van der Waals surface area (Å²) in [5.41, 5.74) is 1.97. The minimum Gasteiger partial charge on any atom is -0.485 e. The summed E-state index contributed by atoms with van der Waals surface area (Å²) in [6, 6.07) is 11.5. The lowest BCUT2D eigenvalue weighted by Crippen LogP contribution is -2.27. The van der Waals surface area contributed by atoms with Crippen molar-refractivity contribution in [3.05, 3.63) is 70.5 Å². The minimum absolute atomic E-state index is 0.0987. The molecule has 0 aliphatic carbocycles. The van der Waals surface area contributed by atoms with E-state index in [1.807, 2.05) is 43.3 Å². The van der Waals surface area contributed by atoms with Crippen molar-refractivity contribution in [2.45, 2.75) is 19.6 Å². The number of carbonyl (C=O) groups excluding carboxylic acids is 1. The molecule has 1 amide bonds. The van der Waals surface area contributed by atoms with Crippen molar-refractivity contribution in [3.8, 4) is 5.75 Å². The maximum atomic E-state index is 12.7. The van der Waals surface area contributed by atoms with Crippen LogP contribution in [0.2, 0.25) is 0 Å².